The normalized spacial score (nSPS) is 11.1. The number of hydrogen-bond acceptors (Lipinski definition) is 17. The lowest BCUT2D eigenvalue weighted by Gasteiger charge is -2.19. The highest BCUT2D eigenvalue weighted by atomic mass is 16.7. The minimum atomic E-state index is -0.895. The second kappa shape index (κ2) is 40.1. The van der Waals surface area contributed by atoms with Crippen LogP contribution in [0.2, 0.25) is 0 Å². The van der Waals surface area contributed by atoms with Gasteiger partial charge in [-0.3, -0.25) is 19.2 Å². The van der Waals surface area contributed by atoms with Crippen molar-refractivity contribution in [3.8, 4) is 0 Å². The maximum atomic E-state index is 11.2. The minimum Gasteiger partial charge on any atom is -0.481 e. The number of carboxylic acids is 1. The number of carbonyl (C=O) groups is 6. The fraction of sp³-hybridized carbons (Fsp3) is 0.750. The predicted molar refractivity (Wildman–Crippen MR) is 206 cm³/mol. The summed E-state index contributed by atoms with van der Waals surface area (Å²) in [7, 11) is 0. The van der Waals surface area contributed by atoms with Crippen molar-refractivity contribution in [2.24, 2.45) is 20.5 Å². The van der Waals surface area contributed by atoms with E-state index in [-0.39, 0.29) is 110 Å². The number of nitrogens with zero attached hydrogens (tertiary/aromatic N) is 13. The first-order valence-electron chi connectivity index (χ1n) is 17.5. The SMILES string of the molecule is C=CC(=O)OC(C)(C)C.CC(C)(C)OC(=O)CCOCCN=[N+]=[N-].[N-]=[N+]=NCCO.[N-]=[N+]=NCCOCCC(=O)O.[N-]=[N+]=NCCOCCC(=O)ON1C(=O)CCC1=O. The van der Waals surface area contributed by atoms with E-state index >= 15 is 0 Å². The van der Waals surface area contributed by atoms with Gasteiger partial charge in [0.1, 0.15) is 11.2 Å². The van der Waals surface area contributed by atoms with E-state index in [9.17, 15) is 28.8 Å². The van der Waals surface area contributed by atoms with E-state index < -0.39 is 35.0 Å². The molecule has 1 fully saturated rings. The maximum Gasteiger partial charge on any atom is 0.335 e. The van der Waals surface area contributed by atoms with Crippen molar-refractivity contribution < 1.29 is 67.5 Å². The van der Waals surface area contributed by atoms with Crippen molar-refractivity contribution in [3.63, 3.8) is 0 Å². The van der Waals surface area contributed by atoms with Crippen molar-refractivity contribution >= 4 is 35.7 Å². The molecule has 0 radical (unpaired) electrons. The Morgan fingerprint density at radius 1 is 0.661 bits per heavy atom. The molecule has 2 amide bonds. The van der Waals surface area contributed by atoms with Gasteiger partial charge in [-0.25, -0.2) is 9.59 Å². The summed E-state index contributed by atoms with van der Waals surface area (Å²) in [6.45, 7) is 16.3. The van der Waals surface area contributed by atoms with Crippen LogP contribution in [0.3, 0.4) is 0 Å². The topological polar surface area (TPSA) is 397 Å². The van der Waals surface area contributed by atoms with Gasteiger partial charge in [-0.2, -0.15) is 0 Å². The van der Waals surface area contributed by atoms with Gasteiger partial charge >= 0.3 is 23.9 Å². The van der Waals surface area contributed by atoms with Gasteiger partial charge in [0.25, 0.3) is 11.8 Å². The fourth-order valence-corrected chi connectivity index (χ4v) is 2.86. The van der Waals surface area contributed by atoms with Crippen LogP contribution in [0.4, 0.5) is 0 Å². The van der Waals surface area contributed by atoms with Crippen LogP contribution in [0.1, 0.15) is 73.6 Å². The average Bonchev–Trinajstić information content (AvgIpc) is 3.46. The monoisotopic (exact) mass is 845 g/mol. The van der Waals surface area contributed by atoms with Crippen LogP contribution in [0.5, 0.6) is 0 Å². The molecule has 27 nitrogen and oxygen atoms in total. The number of ether oxygens (including phenoxy) is 5. The van der Waals surface area contributed by atoms with Gasteiger partial charge < -0.3 is 38.7 Å². The number of carboxylic acid groups (broad SMARTS) is 1. The highest BCUT2D eigenvalue weighted by molar-refractivity contribution is 6.01. The summed E-state index contributed by atoms with van der Waals surface area (Å²) < 4.78 is 24.7. The highest BCUT2D eigenvalue weighted by Crippen LogP contribution is 2.12. The molecule has 27 heteroatoms. The maximum absolute atomic E-state index is 11.2. The summed E-state index contributed by atoms with van der Waals surface area (Å²) in [5, 5.41) is 29.3. The number of esters is 2. The van der Waals surface area contributed by atoms with Gasteiger partial charge in [0.15, 0.2) is 0 Å². The molecule has 0 aromatic heterocycles. The lowest BCUT2D eigenvalue weighted by Crippen LogP contribution is -2.32. The van der Waals surface area contributed by atoms with Crippen LogP contribution in [0.25, 0.3) is 41.8 Å². The van der Waals surface area contributed by atoms with E-state index in [4.69, 9.17) is 56.0 Å². The van der Waals surface area contributed by atoms with E-state index in [0.717, 1.165) is 6.08 Å². The number of carbonyl (C=O) groups excluding carboxylic acids is 5. The quantitative estimate of drug-likeness (QED) is 0.0277. The molecule has 2 N–H and O–H groups in total. The second-order valence-corrected chi connectivity index (χ2v) is 12.4. The number of hydroxylamine groups is 2. The van der Waals surface area contributed by atoms with E-state index in [1.165, 1.54) is 0 Å². The molecular weight excluding hydrogens is 790 g/mol. The minimum absolute atomic E-state index is 0.0176. The average molecular weight is 846 g/mol. The molecule has 0 saturated carbocycles. The molecule has 0 atom stereocenters. The van der Waals surface area contributed by atoms with E-state index in [1.807, 2.05) is 41.5 Å². The molecule has 0 aliphatic carbocycles. The predicted octanol–water partition coefficient (Wildman–Crippen LogP) is 4.95. The molecule has 59 heavy (non-hydrogen) atoms. The lowest BCUT2D eigenvalue weighted by atomic mass is 10.2. The smallest absolute Gasteiger partial charge is 0.335 e. The molecule has 332 valence electrons. The number of aliphatic hydroxyl groups is 1. The summed E-state index contributed by atoms with van der Waals surface area (Å²) in [6, 6.07) is 0. The van der Waals surface area contributed by atoms with Crippen molar-refractivity contribution in [2.45, 2.75) is 84.8 Å². The molecular formula is C32H55N13O14. The molecule has 1 heterocycles. The number of rotatable bonds is 22. The van der Waals surface area contributed by atoms with Gasteiger partial charge in [0.05, 0.1) is 58.9 Å². The molecule has 0 bridgehead atoms. The van der Waals surface area contributed by atoms with Crippen LogP contribution in [0, 0.1) is 0 Å². The van der Waals surface area contributed by atoms with Crippen LogP contribution >= 0.6 is 0 Å². The lowest BCUT2D eigenvalue weighted by molar-refractivity contribution is -0.198. The van der Waals surface area contributed by atoms with Crippen LogP contribution in [-0.2, 0) is 57.3 Å². The van der Waals surface area contributed by atoms with Gasteiger partial charge in [0, 0.05) is 71.4 Å². The van der Waals surface area contributed by atoms with Crippen LogP contribution in [0.15, 0.2) is 33.1 Å². The number of aliphatic carboxylic acids is 1. The molecule has 1 saturated heterocycles. The van der Waals surface area contributed by atoms with E-state index in [0.29, 0.717) is 11.7 Å². The third-order valence-corrected chi connectivity index (χ3v) is 5.01. The first-order chi connectivity index (χ1) is 27.7. The zero-order valence-corrected chi connectivity index (χ0v) is 34.2. The Kier molecular flexibility index (Phi) is 40.4. The first-order valence-corrected chi connectivity index (χ1v) is 17.5. The van der Waals surface area contributed by atoms with Gasteiger partial charge in [-0.15, -0.1) is 5.06 Å². The van der Waals surface area contributed by atoms with Gasteiger partial charge in [0.2, 0.25) is 0 Å². The second-order valence-electron chi connectivity index (χ2n) is 12.4. The summed E-state index contributed by atoms with van der Waals surface area (Å²) in [4.78, 5) is 79.6. The first kappa shape index (κ1) is 59.5. The third-order valence-electron chi connectivity index (χ3n) is 5.01. The largest absolute Gasteiger partial charge is 0.481 e. The van der Waals surface area contributed by atoms with Crippen molar-refractivity contribution in [1.29, 1.82) is 0 Å². The van der Waals surface area contributed by atoms with Gasteiger partial charge in [-0.05, 0) is 63.7 Å². The number of imide groups is 1. The molecule has 1 rings (SSSR count). The summed E-state index contributed by atoms with van der Waals surface area (Å²) in [5.41, 5.74) is 30.5. The molecule has 0 aromatic carbocycles. The van der Waals surface area contributed by atoms with Crippen LogP contribution in [-0.4, -0.2) is 135 Å². The molecule has 0 unspecified atom stereocenters. The summed E-state index contributed by atoms with van der Waals surface area (Å²) in [6.07, 6.45) is 1.39. The molecule has 1 aliphatic heterocycles. The Morgan fingerprint density at radius 2 is 1.03 bits per heavy atom. The molecule has 1 aliphatic rings. The van der Waals surface area contributed by atoms with E-state index in [2.05, 4.69) is 51.5 Å². The summed E-state index contributed by atoms with van der Waals surface area (Å²) >= 11 is 0. The fourth-order valence-electron chi connectivity index (χ4n) is 2.86. The number of amides is 2. The molecule has 0 aromatic rings. The van der Waals surface area contributed by atoms with Crippen molar-refractivity contribution in [1.82, 2.24) is 5.06 Å². The van der Waals surface area contributed by atoms with Crippen molar-refractivity contribution in [3.05, 3.63) is 54.4 Å². The Balaban J connectivity index is -0.000000335. The number of aliphatic hydroxyl groups excluding tert-OH is 1. The standard InChI is InChI=1S/C9H12N4O5.C9H17N3O3.C7H12O2.C5H9N3O3.C2H5N3O/c10-12-11-4-6-17-5-3-9(16)18-13-7(14)1-2-8(13)15;1-9(2,3)15-8(13)4-6-14-7-5-11-12-10;1-5-6(8)9-7(2,3)4;6-8-7-2-4-11-3-1-5(9)10;3-5-4-1-2-6/h1-6H2;4-7H2,1-3H3;5H,1H2,2-4H3;1-4H2,(H,9,10);6H,1-2H2. The number of azide groups is 4. The van der Waals surface area contributed by atoms with Gasteiger partial charge in [-0.1, -0.05) is 27.0 Å². The zero-order valence-electron chi connectivity index (χ0n) is 34.2. The highest BCUT2D eigenvalue weighted by Gasteiger charge is 2.32. The van der Waals surface area contributed by atoms with E-state index in [1.54, 1.807) is 0 Å². The Bertz CT molecular complexity index is 1440. The Hall–Kier alpha value is -6.16. The third kappa shape index (κ3) is 51.8. The molecule has 0 spiro atoms. The van der Waals surface area contributed by atoms with Crippen LogP contribution < -0.4 is 0 Å². The Morgan fingerprint density at radius 3 is 1.34 bits per heavy atom. The zero-order chi connectivity index (χ0) is 46.0. The van der Waals surface area contributed by atoms with Crippen molar-refractivity contribution in [2.75, 3.05) is 72.4 Å². The number of hydrogen-bond donors (Lipinski definition) is 2. The summed E-state index contributed by atoms with van der Waals surface area (Å²) in [5.74, 6) is -3.31. The Labute approximate surface area is 340 Å².